The quantitative estimate of drug-likeness (QED) is 0.740. The highest BCUT2D eigenvalue weighted by molar-refractivity contribution is 6.00. The maximum atomic E-state index is 12.8. The monoisotopic (exact) mass is 244 g/mol. The zero-order valence-electron chi connectivity index (χ0n) is 9.22. The SMILES string of the molecule is O=C1NC(O)(c2ccc(F)nc2)c2ccccc21. The molecule has 2 heterocycles. The molecule has 2 N–H and O–H groups in total. The Morgan fingerprint density at radius 3 is 2.72 bits per heavy atom. The van der Waals surface area contributed by atoms with Crippen LogP contribution in [0, 0.1) is 5.95 Å². The van der Waals surface area contributed by atoms with Crippen molar-refractivity contribution in [3.05, 3.63) is 65.2 Å². The molecule has 0 spiro atoms. The Hall–Kier alpha value is -2.27. The smallest absolute Gasteiger partial charge is 0.254 e. The lowest BCUT2D eigenvalue weighted by Crippen LogP contribution is -2.40. The standard InChI is InChI=1S/C13H9FN2O2/c14-11-6-5-8(7-15-11)13(18)10-4-2-1-3-9(10)12(17)16-13/h1-7,18H,(H,16,17). The molecule has 1 unspecified atom stereocenters. The molecule has 1 atom stereocenters. The maximum absolute atomic E-state index is 12.8. The summed E-state index contributed by atoms with van der Waals surface area (Å²) in [7, 11) is 0. The van der Waals surface area contributed by atoms with Gasteiger partial charge in [0.1, 0.15) is 0 Å². The third kappa shape index (κ3) is 1.41. The van der Waals surface area contributed by atoms with Crippen molar-refractivity contribution in [3.63, 3.8) is 0 Å². The van der Waals surface area contributed by atoms with Crippen LogP contribution in [0.1, 0.15) is 21.5 Å². The van der Waals surface area contributed by atoms with Crippen LogP contribution in [-0.4, -0.2) is 16.0 Å². The number of nitrogens with zero attached hydrogens (tertiary/aromatic N) is 1. The van der Waals surface area contributed by atoms with E-state index in [0.717, 1.165) is 6.07 Å². The minimum absolute atomic E-state index is 0.321. The van der Waals surface area contributed by atoms with Crippen LogP contribution in [0.25, 0.3) is 0 Å². The fourth-order valence-electron chi connectivity index (χ4n) is 2.11. The zero-order chi connectivity index (χ0) is 12.8. The molecule has 3 rings (SSSR count). The Morgan fingerprint density at radius 2 is 2.00 bits per heavy atom. The first-order chi connectivity index (χ1) is 8.61. The number of fused-ring (bicyclic) bond motifs is 1. The van der Waals surface area contributed by atoms with Gasteiger partial charge in [-0.15, -0.1) is 0 Å². The van der Waals surface area contributed by atoms with E-state index in [2.05, 4.69) is 10.3 Å². The lowest BCUT2D eigenvalue weighted by molar-refractivity contribution is 0.0473. The number of benzene rings is 1. The first-order valence-corrected chi connectivity index (χ1v) is 5.38. The van der Waals surface area contributed by atoms with Gasteiger partial charge in [0.25, 0.3) is 5.91 Å². The Bertz CT molecular complexity index is 627. The van der Waals surface area contributed by atoms with Gasteiger partial charge in [-0.05, 0) is 18.2 Å². The van der Waals surface area contributed by atoms with Crippen LogP contribution in [0.4, 0.5) is 4.39 Å². The number of hydrogen-bond donors (Lipinski definition) is 2. The lowest BCUT2D eigenvalue weighted by Gasteiger charge is -2.23. The maximum Gasteiger partial charge on any atom is 0.254 e. The van der Waals surface area contributed by atoms with Gasteiger partial charge in [0.2, 0.25) is 5.95 Å². The summed E-state index contributed by atoms with van der Waals surface area (Å²) in [4.78, 5) is 15.2. The fraction of sp³-hybridized carbons (Fsp3) is 0.0769. The number of carbonyl (C=O) groups is 1. The van der Waals surface area contributed by atoms with Crippen molar-refractivity contribution in [3.8, 4) is 0 Å². The van der Waals surface area contributed by atoms with Gasteiger partial charge in [0.15, 0.2) is 5.72 Å². The molecule has 2 aromatic rings. The van der Waals surface area contributed by atoms with E-state index in [0.29, 0.717) is 16.7 Å². The number of nitrogens with one attached hydrogen (secondary N) is 1. The van der Waals surface area contributed by atoms with Crippen molar-refractivity contribution in [2.45, 2.75) is 5.72 Å². The number of aliphatic hydroxyl groups is 1. The summed E-state index contributed by atoms with van der Waals surface area (Å²) in [6, 6.07) is 9.25. The van der Waals surface area contributed by atoms with E-state index in [1.807, 2.05) is 0 Å². The van der Waals surface area contributed by atoms with E-state index in [4.69, 9.17) is 0 Å². The molecule has 0 saturated carbocycles. The first-order valence-electron chi connectivity index (χ1n) is 5.38. The molecule has 1 aromatic carbocycles. The van der Waals surface area contributed by atoms with Crippen LogP contribution in [0.5, 0.6) is 0 Å². The third-order valence-electron chi connectivity index (χ3n) is 3.00. The Balaban J connectivity index is 2.17. The summed E-state index contributed by atoms with van der Waals surface area (Å²) in [6.45, 7) is 0. The second-order valence-electron chi connectivity index (χ2n) is 4.08. The highest BCUT2D eigenvalue weighted by Gasteiger charge is 2.42. The normalized spacial score (nSPS) is 21.6. The summed E-state index contributed by atoms with van der Waals surface area (Å²) in [5.41, 5.74) is -0.469. The molecule has 1 aliphatic heterocycles. The minimum atomic E-state index is -1.64. The van der Waals surface area contributed by atoms with Gasteiger partial charge in [0.05, 0.1) is 0 Å². The topological polar surface area (TPSA) is 62.2 Å². The van der Waals surface area contributed by atoms with E-state index in [9.17, 15) is 14.3 Å². The van der Waals surface area contributed by atoms with E-state index in [-0.39, 0.29) is 5.91 Å². The molecule has 1 aliphatic rings. The molecule has 0 aliphatic carbocycles. The van der Waals surface area contributed by atoms with E-state index in [1.165, 1.54) is 12.3 Å². The predicted octanol–water partition coefficient (Wildman–Crippen LogP) is 1.16. The predicted molar refractivity (Wildman–Crippen MR) is 61.1 cm³/mol. The average molecular weight is 244 g/mol. The molecule has 1 aromatic heterocycles. The van der Waals surface area contributed by atoms with Crippen LogP contribution in [-0.2, 0) is 5.72 Å². The molecule has 4 nitrogen and oxygen atoms in total. The molecule has 1 amide bonds. The zero-order valence-corrected chi connectivity index (χ0v) is 9.22. The molecular weight excluding hydrogens is 235 g/mol. The fourth-order valence-corrected chi connectivity index (χ4v) is 2.11. The van der Waals surface area contributed by atoms with Crippen LogP contribution in [0.15, 0.2) is 42.6 Å². The van der Waals surface area contributed by atoms with Crippen molar-refractivity contribution in [2.75, 3.05) is 0 Å². The summed E-state index contributed by atoms with van der Waals surface area (Å²) in [5, 5.41) is 13.1. The summed E-state index contributed by atoms with van der Waals surface area (Å²) < 4.78 is 12.8. The second-order valence-corrected chi connectivity index (χ2v) is 4.08. The molecular formula is C13H9FN2O2. The van der Waals surface area contributed by atoms with E-state index < -0.39 is 11.7 Å². The van der Waals surface area contributed by atoms with Gasteiger partial charge in [-0.2, -0.15) is 4.39 Å². The first kappa shape index (κ1) is 10.9. The highest BCUT2D eigenvalue weighted by atomic mass is 19.1. The molecule has 90 valence electrons. The van der Waals surface area contributed by atoms with Crippen molar-refractivity contribution in [1.82, 2.24) is 10.3 Å². The highest BCUT2D eigenvalue weighted by Crippen LogP contribution is 2.34. The van der Waals surface area contributed by atoms with Gasteiger partial charge >= 0.3 is 0 Å². The number of carbonyl (C=O) groups excluding carboxylic acids is 1. The van der Waals surface area contributed by atoms with Crippen LogP contribution < -0.4 is 5.32 Å². The number of pyridine rings is 1. The number of amides is 1. The Morgan fingerprint density at radius 1 is 1.22 bits per heavy atom. The molecule has 0 saturated heterocycles. The number of rotatable bonds is 1. The van der Waals surface area contributed by atoms with Crippen molar-refractivity contribution < 1.29 is 14.3 Å². The van der Waals surface area contributed by atoms with Gasteiger partial charge in [0, 0.05) is 22.9 Å². The molecule has 5 heteroatoms. The molecule has 0 bridgehead atoms. The second kappa shape index (κ2) is 3.61. The van der Waals surface area contributed by atoms with E-state index >= 15 is 0 Å². The molecule has 0 radical (unpaired) electrons. The van der Waals surface area contributed by atoms with E-state index in [1.54, 1.807) is 24.3 Å². The summed E-state index contributed by atoms with van der Waals surface area (Å²) in [5.74, 6) is -1.00. The number of hydrogen-bond acceptors (Lipinski definition) is 3. The van der Waals surface area contributed by atoms with Crippen molar-refractivity contribution >= 4 is 5.91 Å². The summed E-state index contributed by atoms with van der Waals surface area (Å²) >= 11 is 0. The average Bonchev–Trinajstić information content (AvgIpc) is 2.64. The number of halogens is 1. The molecule has 0 fully saturated rings. The van der Waals surface area contributed by atoms with Gasteiger partial charge < -0.3 is 10.4 Å². The van der Waals surface area contributed by atoms with Gasteiger partial charge in [-0.1, -0.05) is 18.2 Å². The van der Waals surface area contributed by atoms with Crippen molar-refractivity contribution in [1.29, 1.82) is 0 Å². The summed E-state index contributed by atoms with van der Waals surface area (Å²) in [6.07, 6.45) is 1.21. The van der Waals surface area contributed by atoms with Crippen LogP contribution in [0.3, 0.4) is 0 Å². The van der Waals surface area contributed by atoms with Crippen LogP contribution >= 0.6 is 0 Å². The van der Waals surface area contributed by atoms with Gasteiger partial charge in [-0.25, -0.2) is 4.98 Å². The largest absolute Gasteiger partial charge is 0.363 e. The van der Waals surface area contributed by atoms with Crippen LogP contribution in [0.2, 0.25) is 0 Å². The Kier molecular flexibility index (Phi) is 2.18. The molecule has 18 heavy (non-hydrogen) atoms. The lowest BCUT2D eigenvalue weighted by atomic mass is 9.96. The number of aromatic nitrogens is 1. The third-order valence-corrected chi connectivity index (χ3v) is 3.00. The Labute approximate surface area is 102 Å². The van der Waals surface area contributed by atoms with Gasteiger partial charge in [-0.3, -0.25) is 4.79 Å². The van der Waals surface area contributed by atoms with Crippen molar-refractivity contribution in [2.24, 2.45) is 0 Å². The minimum Gasteiger partial charge on any atom is -0.363 e.